The van der Waals surface area contributed by atoms with Gasteiger partial charge < -0.3 is 5.32 Å². The van der Waals surface area contributed by atoms with Crippen molar-refractivity contribution in [3.05, 3.63) is 58.4 Å². The van der Waals surface area contributed by atoms with Crippen molar-refractivity contribution in [3.63, 3.8) is 0 Å². The smallest absolute Gasteiger partial charge is 0.187 e. The average molecular weight is 377 g/mol. The first-order valence-corrected chi connectivity index (χ1v) is 9.27. The molecule has 0 bridgehead atoms. The van der Waals surface area contributed by atoms with Crippen LogP contribution in [0.3, 0.4) is 0 Å². The number of thiazole rings is 1. The van der Waals surface area contributed by atoms with Crippen molar-refractivity contribution in [2.45, 2.75) is 4.90 Å². The highest BCUT2D eigenvalue weighted by Crippen LogP contribution is 2.29. The molecule has 2 nitrogen and oxygen atoms in total. The summed E-state index contributed by atoms with van der Waals surface area (Å²) in [5.41, 5.74) is 3.19. The lowest BCUT2D eigenvalue weighted by atomic mass is 10.2. The van der Waals surface area contributed by atoms with Crippen molar-refractivity contribution in [3.8, 4) is 11.3 Å². The van der Waals surface area contributed by atoms with E-state index in [0.717, 1.165) is 26.5 Å². The molecule has 0 aliphatic carbocycles. The Bertz CT molecular complexity index is 738. The van der Waals surface area contributed by atoms with Crippen molar-refractivity contribution in [2.75, 3.05) is 11.6 Å². The van der Waals surface area contributed by atoms with Gasteiger partial charge in [0.1, 0.15) is 0 Å². The normalized spacial score (nSPS) is 10.6. The standard InChI is InChI=1S/C16H13BrN2S2/c1-20-14-4-2-3-13(9-14)18-16-19-15(10-21-16)11-5-7-12(17)8-6-11/h2-10H,1H3,(H,18,19). The first-order chi connectivity index (χ1) is 10.2. The van der Waals surface area contributed by atoms with Gasteiger partial charge in [0, 0.05) is 26.0 Å². The quantitative estimate of drug-likeness (QED) is 0.561. The largest absolute Gasteiger partial charge is 0.332 e. The molecule has 0 spiro atoms. The summed E-state index contributed by atoms with van der Waals surface area (Å²) in [6, 6.07) is 16.5. The Balaban J connectivity index is 1.80. The summed E-state index contributed by atoms with van der Waals surface area (Å²) in [6.07, 6.45) is 2.08. The van der Waals surface area contributed by atoms with Gasteiger partial charge in [0.2, 0.25) is 0 Å². The molecule has 0 unspecified atom stereocenters. The SMILES string of the molecule is CSc1cccc(Nc2nc(-c3ccc(Br)cc3)cs2)c1. The molecule has 1 aromatic heterocycles. The fourth-order valence-electron chi connectivity index (χ4n) is 1.91. The van der Waals surface area contributed by atoms with Gasteiger partial charge in [-0.1, -0.05) is 34.1 Å². The van der Waals surface area contributed by atoms with Gasteiger partial charge in [-0.05, 0) is 36.6 Å². The van der Waals surface area contributed by atoms with E-state index in [0.29, 0.717) is 0 Å². The van der Waals surface area contributed by atoms with E-state index in [-0.39, 0.29) is 0 Å². The van der Waals surface area contributed by atoms with Crippen molar-refractivity contribution < 1.29 is 0 Å². The molecule has 0 radical (unpaired) electrons. The van der Waals surface area contributed by atoms with Gasteiger partial charge in [-0.3, -0.25) is 0 Å². The van der Waals surface area contributed by atoms with E-state index in [4.69, 9.17) is 0 Å². The molecular formula is C16H13BrN2S2. The molecule has 106 valence electrons. The third-order valence-electron chi connectivity index (χ3n) is 2.97. The number of nitrogens with zero attached hydrogens (tertiary/aromatic N) is 1. The molecule has 3 rings (SSSR count). The fraction of sp³-hybridized carbons (Fsp3) is 0.0625. The lowest BCUT2D eigenvalue weighted by molar-refractivity contribution is 1.37. The number of nitrogens with one attached hydrogen (secondary N) is 1. The van der Waals surface area contributed by atoms with Crippen LogP contribution in [0.25, 0.3) is 11.3 Å². The van der Waals surface area contributed by atoms with E-state index < -0.39 is 0 Å². The van der Waals surface area contributed by atoms with Gasteiger partial charge in [-0.15, -0.1) is 23.1 Å². The molecule has 0 aliphatic heterocycles. The molecule has 0 saturated carbocycles. The molecule has 0 amide bonds. The molecule has 1 heterocycles. The van der Waals surface area contributed by atoms with E-state index in [1.165, 1.54) is 4.90 Å². The Kier molecular flexibility index (Phi) is 4.63. The summed E-state index contributed by atoms with van der Waals surface area (Å²) >= 11 is 6.80. The average Bonchev–Trinajstić information content (AvgIpc) is 2.96. The highest BCUT2D eigenvalue weighted by Gasteiger charge is 2.05. The Labute approximate surface area is 140 Å². The second-order valence-electron chi connectivity index (χ2n) is 4.40. The Morgan fingerprint density at radius 2 is 1.95 bits per heavy atom. The monoisotopic (exact) mass is 376 g/mol. The maximum absolute atomic E-state index is 4.65. The minimum Gasteiger partial charge on any atom is -0.332 e. The van der Waals surface area contributed by atoms with E-state index in [9.17, 15) is 0 Å². The highest BCUT2D eigenvalue weighted by atomic mass is 79.9. The number of benzene rings is 2. The molecule has 21 heavy (non-hydrogen) atoms. The van der Waals surface area contributed by atoms with Gasteiger partial charge in [-0.2, -0.15) is 0 Å². The molecule has 5 heteroatoms. The number of thioether (sulfide) groups is 1. The second-order valence-corrected chi connectivity index (χ2v) is 7.06. The molecular weight excluding hydrogens is 364 g/mol. The van der Waals surface area contributed by atoms with Crippen LogP contribution >= 0.6 is 39.0 Å². The number of hydrogen-bond donors (Lipinski definition) is 1. The third kappa shape index (κ3) is 3.67. The zero-order valence-electron chi connectivity index (χ0n) is 11.3. The van der Waals surface area contributed by atoms with E-state index in [2.05, 4.69) is 74.3 Å². The zero-order chi connectivity index (χ0) is 14.7. The summed E-state index contributed by atoms with van der Waals surface area (Å²) in [5, 5.41) is 6.35. The lowest BCUT2D eigenvalue weighted by Gasteiger charge is -2.04. The van der Waals surface area contributed by atoms with Crippen molar-refractivity contribution >= 4 is 49.8 Å². The zero-order valence-corrected chi connectivity index (χ0v) is 14.6. The summed E-state index contributed by atoms with van der Waals surface area (Å²) in [7, 11) is 0. The number of anilines is 2. The first-order valence-electron chi connectivity index (χ1n) is 6.37. The number of rotatable bonds is 4. The first kappa shape index (κ1) is 14.6. The van der Waals surface area contributed by atoms with Gasteiger partial charge in [0.15, 0.2) is 5.13 Å². The van der Waals surface area contributed by atoms with Crippen LogP contribution in [0.15, 0.2) is 63.3 Å². The Hall–Kier alpha value is -1.30. The van der Waals surface area contributed by atoms with Gasteiger partial charge in [0.25, 0.3) is 0 Å². The van der Waals surface area contributed by atoms with Crippen LogP contribution < -0.4 is 5.32 Å². The number of halogens is 1. The topological polar surface area (TPSA) is 24.9 Å². The Morgan fingerprint density at radius 1 is 1.14 bits per heavy atom. The maximum Gasteiger partial charge on any atom is 0.187 e. The number of aromatic nitrogens is 1. The number of hydrogen-bond acceptors (Lipinski definition) is 4. The maximum atomic E-state index is 4.65. The van der Waals surface area contributed by atoms with Crippen molar-refractivity contribution in [1.29, 1.82) is 0 Å². The van der Waals surface area contributed by atoms with E-state index >= 15 is 0 Å². The molecule has 0 fully saturated rings. The van der Waals surface area contributed by atoms with Crippen LogP contribution in [-0.2, 0) is 0 Å². The van der Waals surface area contributed by atoms with Gasteiger partial charge >= 0.3 is 0 Å². The minimum absolute atomic E-state index is 0.908. The van der Waals surface area contributed by atoms with E-state index in [1.807, 2.05) is 12.1 Å². The van der Waals surface area contributed by atoms with Crippen LogP contribution in [0.5, 0.6) is 0 Å². The third-order valence-corrected chi connectivity index (χ3v) is 4.98. The highest BCUT2D eigenvalue weighted by molar-refractivity contribution is 9.10. The van der Waals surface area contributed by atoms with E-state index in [1.54, 1.807) is 23.1 Å². The van der Waals surface area contributed by atoms with Crippen LogP contribution in [0.2, 0.25) is 0 Å². The predicted molar refractivity (Wildman–Crippen MR) is 96.8 cm³/mol. The van der Waals surface area contributed by atoms with Gasteiger partial charge in [-0.25, -0.2) is 4.98 Å². The van der Waals surface area contributed by atoms with Crippen LogP contribution in [0.4, 0.5) is 10.8 Å². The van der Waals surface area contributed by atoms with Crippen LogP contribution in [0, 0.1) is 0 Å². The van der Waals surface area contributed by atoms with Crippen molar-refractivity contribution in [1.82, 2.24) is 4.98 Å². The van der Waals surface area contributed by atoms with Crippen molar-refractivity contribution in [2.24, 2.45) is 0 Å². The Morgan fingerprint density at radius 3 is 2.71 bits per heavy atom. The fourth-order valence-corrected chi connectivity index (χ4v) is 3.37. The summed E-state index contributed by atoms with van der Waals surface area (Å²) < 4.78 is 1.08. The molecule has 0 saturated heterocycles. The summed E-state index contributed by atoms with van der Waals surface area (Å²) in [4.78, 5) is 5.89. The molecule has 2 aromatic carbocycles. The lowest BCUT2D eigenvalue weighted by Crippen LogP contribution is -1.89. The minimum atomic E-state index is 0.908. The predicted octanol–water partition coefficient (Wildman–Crippen LogP) is 6.04. The van der Waals surface area contributed by atoms with Crippen LogP contribution in [0.1, 0.15) is 0 Å². The summed E-state index contributed by atoms with van der Waals surface area (Å²) in [6.45, 7) is 0. The molecule has 1 N–H and O–H groups in total. The molecule has 3 aromatic rings. The molecule has 0 atom stereocenters. The van der Waals surface area contributed by atoms with Gasteiger partial charge in [0.05, 0.1) is 5.69 Å². The van der Waals surface area contributed by atoms with Crippen LogP contribution in [-0.4, -0.2) is 11.2 Å². The molecule has 0 aliphatic rings. The second kappa shape index (κ2) is 6.64. The summed E-state index contributed by atoms with van der Waals surface area (Å²) in [5.74, 6) is 0.